The molecule has 5 heteroatoms. The van der Waals surface area contributed by atoms with Gasteiger partial charge in [0.15, 0.2) is 0 Å². The van der Waals surface area contributed by atoms with Crippen LogP contribution in [-0.4, -0.2) is 56.3 Å². The fraction of sp³-hybridized carbons (Fsp3) is 0.615. The minimum atomic E-state index is 0.793. The number of nitrogens with zero attached hydrogens (tertiary/aromatic N) is 2. The standard InChI is InChI=1S/C13H22N4O/c1-18-12-3-4-13(16-11-12)15-5-2-8-17-9-6-14-7-10-17/h3-4,11,14H,2,5-10H2,1H3,(H,15,16). The first kappa shape index (κ1) is 13.1. The van der Waals surface area contributed by atoms with E-state index in [0.717, 1.165) is 44.2 Å². The third kappa shape index (κ3) is 4.16. The van der Waals surface area contributed by atoms with Crippen molar-refractivity contribution in [1.29, 1.82) is 0 Å². The molecule has 2 rings (SSSR count). The Labute approximate surface area is 109 Å². The molecule has 0 radical (unpaired) electrons. The van der Waals surface area contributed by atoms with Gasteiger partial charge < -0.3 is 20.3 Å². The Bertz CT molecular complexity index is 335. The predicted molar refractivity (Wildman–Crippen MR) is 73.2 cm³/mol. The lowest BCUT2D eigenvalue weighted by Gasteiger charge is -2.27. The lowest BCUT2D eigenvalue weighted by Crippen LogP contribution is -2.44. The number of piperazine rings is 1. The third-order valence-corrected chi connectivity index (χ3v) is 3.14. The van der Waals surface area contributed by atoms with Gasteiger partial charge in [-0.25, -0.2) is 4.98 Å². The summed E-state index contributed by atoms with van der Waals surface area (Å²) in [4.78, 5) is 6.77. The molecule has 100 valence electrons. The van der Waals surface area contributed by atoms with Gasteiger partial charge in [-0.15, -0.1) is 0 Å². The van der Waals surface area contributed by atoms with Crippen LogP contribution in [0.15, 0.2) is 18.3 Å². The fourth-order valence-corrected chi connectivity index (χ4v) is 2.06. The first-order valence-corrected chi connectivity index (χ1v) is 6.55. The van der Waals surface area contributed by atoms with Gasteiger partial charge in [0.2, 0.25) is 0 Å². The topological polar surface area (TPSA) is 49.4 Å². The van der Waals surface area contributed by atoms with Crippen LogP contribution in [0.1, 0.15) is 6.42 Å². The van der Waals surface area contributed by atoms with E-state index in [1.54, 1.807) is 13.3 Å². The molecule has 1 aliphatic heterocycles. The zero-order valence-corrected chi connectivity index (χ0v) is 11.0. The molecule has 5 nitrogen and oxygen atoms in total. The van der Waals surface area contributed by atoms with Crippen molar-refractivity contribution in [3.63, 3.8) is 0 Å². The molecule has 0 unspecified atom stereocenters. The summed E-state index contributed by atoms with van der Waals surface area (Å²) < 4.78 is 5.07. The highest BCUT2D eigenvalue weighted by Crippen LogP contribution is 2.10. The Morgan fingerprint density at radius 2 is 2.22 bits per heavy atom. The minimum absolute atomic E-state index is 0.793. The lowest BCUT2D eigenvalue weighted by atomic mass is 10.3. The van der Waals surface area contributed by atoms with Crippen molar-refractivity contribution < 1.29 is 4.74 Å². The second-order valence-electron chi connectivity index (χ2n) is 4.46. The number of hydrogen-bond donors (Lipinski definition) is 2. The van der Waals surface area contributed by atoms with Gasteiger partial charge in [-0.3, -0.25) is 0 Å². The first-order chi connectivity index (χ1) is 8.88. The molecular formula is C13H22N4O. The Balaban J connectivity index is 1.62. The molecule has 1 aromatic heterocycles. The van der Waals surface area contributed by atoms with Crippen molar-refractivity contribution in [2.24, 2.45) is 0 Å². The van der Waals surface area contributed by atoms with Crippen LogP contribution in [0.4, 0.5) is 5.82 Å². The average molecular weight is 250 g/mol. The maximum absolute atomic E-state index is 5.07. The highest BCUT2D eigenvalue weighted by molar-refractivity contribution is 5.37. The normalized spacial score (nSPS) is 16.5. The maximum Gasteiger partial charge on any atom is 0.137 e. The second-order valence-corrected chi connectivity index (χ2v) is 4.46. The van der Waals surface area contributed by atoms with E-state index in [0.29, 0.717) is 0 Å². The van der Waals surface area contributed by atoms with E-state index in [1.807, 2.05) is 12.1 Å². The summed E-state index contributed by atoms with van der Waals surface area (Å²) in [6.45, 7) is 6.69. The Kier molecular flexibility index (Phi) is 5.23. The second kappa shape index (κ2) is 7.18. The van der Waals surface area contributed by atoms with Crippen LogP contribution in [-0.2, 0) is 0 Å². The highest BCUT2D eigenvalue weighted by Gasteiger charge is 2.07. The van der Waals surface area contributed by atoms with E-state index in [-0.39, 0.29) is 0 Å². The summed E-state index contributed by atoms with van der Waals surface area (Å²) in [5.74, 6) is 1.71. The van der Waals surface area contributed by atoms with E-state index >= 15 is 0 Å². The molecule has 2 heterocycles. The van der Waals surface area contributed by atoms with E-state index < -0.39 is 0 Å². The molecule has 1 saturated heterocycles. The van der Waals surface area contributed by atoms with Gasteiger partial charge in [0, 0.05) is 32.7 Å². The quantitative estimate of drug-likeness (QED) is 0.731. The van der Waals surface area contributed by atoms with E-state index in [4.69, 9.17) is 4.74 Å². The Hall–Kier alpha value is -1.33. The maximum atomic E-state index is 5.07. The lowest BCUT2D eigenvalue weighted by molar-refractivity contribution is 0.240. The summed E-state index contributed by atoms with van der Waals surface area (Å²) in [6.07, 6.45) is 2.88. The van der Waals surface area contributed by atoms with Crippen molar-refractivity contribution >= 4 is 5.82 Å². The van der Waals surface area contributed by atoms with Gasteiger partial charge in [0.05, 0.1) is 13.3 Å². The number of aromatic nitrogens is 1. The van der Waals surface area contributed by atoms with E-state index in [2.05, 4.69) is 20.5 Å². The number of nitrogens with one attached hydrogen (secondary N) is 2. The molecule has 0 aliphatic carbocycles. The van der Waals surface area contributed by atoms with Crippen molar-refractivity contribution in [1.82, 2.24) is 15.2 Å². The monoisotopic (exact) mass is 250 g/mol. The van der Waals surface area contributed by atoms with Crippen LogP contribution in [0.25, 0.3) is 0 Å². The fourth-order valence-electron chi connectivity index (χ4n) is 2.06. The zero-order chi connectivity index (χ0) is 12.6. The molecule has 0 aromatic carbocycles. The average Bonchev–Trinajstić information content (AvgIpc) is 2.45. The smallest absolute Gasteiger partial charge is 0.137 e. The highest BCUT2D eigenvalue weighted by atomic mass is 16.5. The van der Waals surface area contributed by atoms with Gasteiger partial charge in [-0.05, 0) is 25.1 Å². The zero-order valence-electron chi connectivity index (χ0n) is 11.0. The van der Waals surface area contributed by atoms with Gasteiger partial charge in [0.1, 0.15) is 11.6 Å². The Morgan fingerprint density at radius 1 is 1.39 bits per heavy atom. The van der Waals surface area contributed by atoms with Crippen LogP contribution in [0.5, 0.6) is 5.75 Å². The van der Waals surface area contributed by atoms with Gasteiger partial charge in [-0.2, -0.15) is 0 Å². The number of ether oxygens (including phenoxy) is 1. The van der Waals surface area contributed by atoms with E-state index in [9.17, 15) is 0 Å². The number of pyridine rings is 1. The molecule has 0 spiro atoms. The molecule has 1 fully saturated rings. The van der Waals surface area contributed by atoms with Crippen molar-refractivity contribution in [3.8, 4) is 5.75 Å². The molecule has 0 bridgehead atoms. The molecule has 1 aromatic rings. The van der Waals surface area contributed by atoms with Crippen LogP contribution in [0.3, 0.4) is 0 Å². The van der Waals surface area contributed by atoms with Crippen LogP contribution in [0.2, 0.25) is 0 Å². The molecule has 18 heavy (non-hydrogen) atoms. The number of methoxy groups -OCH3 is 1. The number of anilines is 1. The predicted octanol–water partition coefficient (Wildman–Crippen LogP) is 0.797. The minimum Gasteiger partial charge on any atom is -0.495 e. The summed E-state index contributed by atoms with van der Waals surface area (Å²) in [5.41, 5.74) is 0. The molecular weight excluding hydrogens is 228 g/mol. The molecule has 2 N–H and O–H groups in total. The summed E-state index contributed by atoms with van der Waals surface area (Å²) in [6, 6.07) is 3.87. The molecule has 0 amide bonds. The van der Waals surface area contributed by atoms with Gasteiger partial charge in [0.25, 0.3) is 0 Å². The molecule has 0 saturated carbocycles. The van der Waals surface area contributed by atoms with Crippen LogP contribution >= 0.6 is 0 Å². The third-order valence-electron chi connectivity index (χ3n) is 3.14. The molecule has 1 aliphatic rings. The van der Waals surface area contributed by atoms with Gasteiger partial charge >= 0.3 is 0 Å². The Morgan fingerprint density at radius 3 is 2.89 bits per heavy atom. The summed E-state index contributed by atoms with van der Waals surface area (Å²) >= 11 is 0. The first-order valence-electron chi connectivity index (χ1n) is 6.55. The number of rotatable bonds is 6. The van der Waals surface area contributed by atoms with Crippen molar-refractivity contribution in [2.45, 2.75) is 6.42 Å². The van der Waals surface area contributed by atoms with Crippen LogP contribution in [0, 0.1) is 0 Å². The van der Waals surface area contributed by atoms with Crippen molar-refractivity contribution in [2.75, 3.05) is 51.7 Å². The number of hydrogen-bond acceptors (Lipinski definition) is 5. The largest absolute Gasteiger partial charge is 0.495 e. The SMILES string of the molecule is COc1ccc(NCCCN2CCNCC2)nc1. The van der Waals surface area contributed by atoms with Crippen LogP contribution < -0.4 is 15.4 Å². The summed E-state index contributed by atoms with van der Waals surface area (Å²) in [5, 5.41) is 6.69. The van der Waals surface area contributed by atoms with Gasteiger partial charge in [-0.1, -0.05) is 0 Å². The van der Waals surface area contributed by atoms with E-state index in [1.165, 1.54) is 13.1 Å². The molecule has 0 atom stereocenters. The summed E-state index contributed by atoms with van der Waals surface area (Å²) in [7, 11) is 1.65. The van der Waals surface area contributed by atoms with Crippen molar-refractivity contribution in [3.05, 3.63) is 18.3 Å².